The van der Waals surface area contributed by atoms with Gasteiger partial charge in [0.2, 0.25) is 0 Å². The third-order valence-electron chi connectivity index (χ3n) is 3.12. The molecule has 7 heteroatoms. The molecule has 2 aromatic rings. The largest absolute Gasteiger partial charge is 0.390 e. The summed E-state index contributed by atoms with van der Waals surface area (Å²) < 4.78 is 1.40. The molecule has 110 valence electrons. The number of aromatic nitrogens is 2. The fourth-order valence-corrected chi connectivity index (χ4v) is 2.09. The minimum absolute atomic E-state index is 0.246. The number of nitrogens with one attached hydrogen (secondary N) is 1. The molecule has 1 N–H and O–H groups in total. The third-order valence-corrected chi connectivity index (χ3v) is 3.12. The minimum Gasteiger partial charge on any atom is -0.358 e. The molecule has 0 aliphatic heterocycles. The monoisotopic (exact) mass is 288 g/mol. The highest BCUT2D eigenvalue weighted by atomic mass is 16.6. The normalized spacial score (nSPS) is 11.9. The average Bonchev–Trinajstić information content (AvgIpc) is 2.83. The zero-order chi connectivity index (χ0) is 15.4. The van der Waals surface area contributed by atoms with Crippen molar-refractivity contribution in [1.29, 1.82) is 0 Å². The van der Waals surface area contributed by atoms with Crippen molar-refractivity contribution < 1.29 is 9.72 Å². The number of nitro groups is 1. The van der Waals surface area contributed by atoms with Gasteiger partial charge in [-0.3, -0.25) is 4.79 Å². The molecule has 7 nitrogen and oxygen atoms in total. The highest BCUT2D eigenvalue weighted by Crippen LogP contribution is 2.20. The first-order valence-corrected chi connectivity index (χ1v) is 6.59. The number of hydrogen-bond donors (Lipinski definition) is 1. The van der Waals surface area contributed by atoms with E-state index in [1.165, 1.54) is 10.7 Å². The summed E-state index contributed by atoms with van der Waals surface area (Å²) in [5, 5.41) is 17.5. The Morgan fingerprint density at radius 3 is 2.62 bits per heavy atom. The van der Waals surface area contributed by atoms with E-state index in [0.29, 0.717) is 17.8 Å². The molecule has 0 fully saturated rings. The maximum atomic E-state index is 12.3. The summed E-state index contributed by atoms with van der Waals surface area (Å²) >= 11 is 0. The standard InChI is InChI=1S/C14H16N4O3/c1-3-12(14(19)15-11-7-5-4-6-8-11)17-10(2)9-13(16-17)18(20)21/h4-9,12H,3H2,1-2H3,(H,15,19). The van der Waals surface area contributed by atoms with E-state index < -0.39 is 11.0 Å². The molecule has 1 amide bonds. The molecule has 0 saturated carbocycles. The van der Waals surface area contributed by atoms with E-state index in [1.807, 2.05) is 25.1 Å². The van der Waals surface area contributed by atoms with Crippen LogP contribution >= 0.6 is 0 Å². The predicted molar refractivity (Wildman–Crippen MR) is 78.0 cm³/mol. The van der Waals surface area contributed by atoms with Crippen molar-refractivity contribution in [3.05, 3.63) is 52.2 Å². The van der Waals surface area contributed by atoms with Gasteiger partial charge in [0.1, 0.15) is 0 Å². The number of nitrogens with zero attached hydrogens (tertiary/aromatic N) is 3. The lowest BCUT2D eigenvalue weighted by molar-refractivity contribution is -0.389. The number of hydrogen-bond acceptors (Lipinski definition) is 4. The smallest absolute Gasteiger partial charge is 0.358 e. The molecule has 2 rings (SSSR count). The van der Waals surface area contributed by atoms with Crippen LogP contribution in [0.5, 0.6) is 0 Å². The van der Waals surface area contributed by atoms with Crippen molar-refractivity contribution in [2.75, 3.05) is 5.32 Å². The molecule has 1 aromatic carbocycles. The summed E-state index contributed by atoms with van der Waals surface area (Å²) in [6.45, 7) is 3.53. The van der Waals surface area contributed by atoms with Crippen molar-refractivity contribution in [3.8, 4) is 0 Å². The lowest BCUT2D eigenvalue weighted by atomic mass is 10.2. The zero-order valence-corrected chi connectivity index (χ0v) is 11.8. The fourth-order valence-electron chi connectivity index (χ4n) is 2.09. The van der Waals surface area contributed by atoms with Gasteiger partial charge in [-0.2, -0.15) is 4.68 Å². The van der Waals surface area contributed by atoms with Gasteiger partial charge in [-0.1, -0.05) is 25.1 Å². The lowest BCUT2D eigenvalue weighted by Gasteiger charge is -2.14. The zero-order valence-electron chi connectivity index (χ0n) is 11.8. The van der Waals surface area contributed by atoms with Crippen LogP contribution in [0, 0.1) is 17.0 Å². The van der Waals surface area contributed by atoms with Crippen LogP contribution in [-0.2, 0) is 4.79 Å². The summed E-state index contributed by atoms with van der Waals surface area (Å²) in [6.07, 6.45) is 0.484. The molecular weight excluding hydrogens is 272 g/mol. The predicted octanol–water partition coefficient (Wildman–Crippen LogP) is 2.69. The highest BCUT2D eigenvalue weighted by molar-refractivity contribution is 5.93. The number of carbonyl (C=O) groups is 1. The van der Waals surface area contributed by atoms with Crippen molar-refractivity contribution in [3.63, 3.8) is 0 Å². The topological polar surface area (TPSA) is 90.1 Å². The van der Waals surface area contributed by atoms with E-state index in [-0.39, 0.29) is 11.7 Å². The molecule has 1 heterocycles. The van der Waals surface area contributed by atoms with Gasteiger partial charge in [-0.05, 0) is 30.4 Å². The van der Waals surface area contributed by atoms with E-state index in [9.17, 15) is 14.9 Å². The maximum Gasteiger partial charge on any atom is 0.390 e. The Hall–Kier alpha value is -2.70. The van der Waals surface area contributed by atoms with Gasteiger partial charge in [-0.25, -0.2) is 0 Å². The van der Waals surface area contributed by atoms with Crippen molar-refractivity contribution in [1.82, 2.24) is 9.78 Å². The Bertz CT molecular complexity index is 651. The molecule has 1 atom stereocenters. The van der Waals surface area contributed by atoms with Gasteiger partial charge in [0, 0.05) is 5.69 Å². The summed E-state index contributed by atoms with van der Waals surface area (Å²) in [4.78, 5) is 22.5. The van der Waals surface area contributed by atoms with Crippen LogP contribution in [0.4, 0.5) is 11.5 Å². The molecule has 0 spiro atoms. The van der Waals surface area contributed by atoms with Crippen LogP contribution in [0.15, 0.2) is 36.4 Å². The van der Waals surface area contributed by atoms with Crippen LogP contribution in [0.2, 0.25) is 0 Å². The Labute approximate surface area is 121 Å². The second kappa shape index (κ2) is 6.17. The second-order valence-electron chi connectivity index (χ2n) is 4.62. The minimum atomic E-state index is -0.584. The second-order valence-corrected chi connectivity index (χ2v) is 4.62. The van der Waals surface area contributed by atoms with Gasteiger partial charge in [-0.15, -0.1) is 0 Å². The van der Waals surface area contributed by atoms with Gasteiger partial charge < -0.3 is 15.4 Å². The molecule has 0 bridgehead atoms. The summed E-state index contributed by atoms with van der Waals surface area (Å²) in [7, 11) is 0. The molecule has 1 aromatic heterocycles. The molecule has 21 heavy (non-hydrogen) atoms. The number of aryl methyl sites for hydroxylation is 1. The Kier molecular flexibility index (Phi) is 4.32. The van der Waals surface area contributed by atoms with Gasteiger partial charge >= 0.3 is 5.82 Å². The van der Waals surface area contributed by atoms with Crippen LogP contribution in [0.3, 0.4) is 0 Å². The molecule has 1 unspecified atom stereocenters. The van der Waals surface area contributed by atoms with Crippen LogP contribution < -0.4 is 5.32 Å². The maximum absolute atomic E-state index is 12.3. The van der Waals surface area contributed by atoms with Crippen LogP contribution in [-0.4, -0.2) is 20.6 Å². The van der Waals surface area contributed by atoms with E-state index in [2.05, 4.69) is 10.4 Å². The van der Waals surface area contributed by atoms with E-state index in [4.69, 9.17) is 0 Å². The first-order chi connectivity index (χ1) is 10.0. The number of carbonyl (C=O) groups excluding carboxylic acids is 1. The SMILES string of the molecule is CCC(C(=O)Nc1ccccc1)n1nc([N+](=O)[O-])cc1C. The fraction of sp³-hybridized carbons (Fsp3) is 0.286. The molecule has 0 saturated heterocycles. The first kappa shape index (κ1) is 14.7. The molecule has 0 radical (unpaired) electrons. The van der Waals surface area contributed by atoms with E-state index in [0.717, 1.165) is 0 Å². The van der Waals surface area contributed by atoms with Crippen LogP contribution in [0.1, 0.15) is 25.1 Å². The number of amides is 1. The summed E-state index contributed by atoms with van der Waals surface area (Å²) in [5.74, 6) is -0.497. The molecule has 0 aliphatic carbocycles. The number of anilines is 1. The van der Waals surface area contributed by atoms with Gasteiger partial charge in [0.05, 0.1) is 16.9 Å². The summed E-state index contributed by atoms with van der Waals surface area (Å²) in [5.41, 5.74) is 1.26. The Morgan fingerprint density at radius 2 is 2.10 bits per heavy atom. The van der Waals surface area contributed by atoms with Gasteiger partial charge in [0.25, 0.3) is 5.91 Å². The third kappa shape index (κ3) is 3.25. The molecular formula is C14H16N4O3. The first-order valence-electron chi connectivity index (χ1n) is 6.59. The number of rotatable bonds is 5. The number of para-hydroxylation sites is 1. The van der Waals surface area contributed by atoms with E-state index >= 15 is 0 Å². The van der Waals surface area contributed by atoms with Crippen molar-refractivity contribution in [2.24, 2.45) is 0 Å². The summed E-state index contributed by atoms with van der Waals surface area (Å²) in [6, 6.07) is 9.83. The van der Waals surface area contributed by atoms with Gasteiger partial charge in [0.15, 0.2) is 6.04 Å². The van der Waals surface area contributed by atoms with Crippen molar-refractivity contribution in [2.45, 2.75) is 26.3 Å². The van der Waals surface area contributed by atoms with Crippen LogP contribution in [0.25, 0.3) is 0 Å². The Morgan fingerprint density at radius 1 is 1.43 bits per heavy atom. The van der Waals surface area contributed by atoms with Crippen molar-refractivity contribution >= 4 is 17.4 Å². The quantitative estimate of drug-likeness (QED) is 0.676. The molecule has 0 aliphatic rings. The Balaban J connectivity index is 2.23. The highest BCUT2D eigenvalue weighted by Gasteiger charge is 2.26. The van der Waals surface area contributed by atoms with E-state index in [1.54, 1.807) is 19.1 Å². The average molecular weight is 288 g/mol. The number of benzene rings is 1. The lowest BCUT2D eigenvalue weighted by Crippen LogP contribution is -2.27.